The van der Waals surface area contributed by atoms with E-state index in [9.17, 15) is 4.79 Å². The topological polar surface area (TPSA) is 99.1 Å². The Labute approximate surface area is 126 Å². The molecule has 0 spiro atoms. The van der Waals surface area contributed by atoms with Crippen molar-refractivity contribution in [2.45, 2.75) is 31.3 Å². The molecule has 3 rings (SSSR count). The Bertz CT molecular complexity index is 549. The molecule has 1 aliphatic heterocycles. The van der Waals surface area contributed by atoms with Crippen LogP contribution in [0.15, 0.2) is 6.20 Å². The van der Waals surface area contributed by atoms with E-state index in [-0.39, 0.29) is 23.9 Å². The maximum Gasteiger partial charge on any atom is 0.229 e. The van der Waals surface area contributed by atoms with Gasteiger partial charge in [0.25, 0.3) is 0 Å². The van der Waals surface area contributed by atoms with Gasteiger partial charge in [0.1, 0.15) is 0 Å². The Morgan fingerprint density at radius 1 is 1.57 bits per heavy atom. The third kappa shape index (κ3) is 3.32. The highest BCUT2D eigenvalue weighted by molar-refractivity contribution is 7.15. The molecule has 1 aliphatic carbocycles. The minimum absolute atomic E-state index is 0.00577. The molecule has 8 heteroatoms. The summed E-state index contributed by atoms with van der Waals surface area (Å²) in [6.45, 7) is 1.19. The number of amides is 1. The minimum atomic E-state index is -0.0452. The normalized spacial score (nSPS) is 28.2. The Kier molecular flexibility index (Phi) is 4.34. The van der Waals surface area contributed by atoms with Crippen LogP contribution in [0.1, 0.15) is 30.2 Å². The van der Waals surface area contributed by atoms with E-state index in [0.717, 1.165) is 17.7 Å². The second-order valence-electron chi connectivity index (χ2n) is 5.29. The van der Waals surface area contributed by atoms with Gasteiger partial charge in [0.2, 0.25) is 5.91 Å². The second-order valence-corrected chi connectivity index (χ2v) is 6.35. The highest BCUT2D eigenvalue weighted by Crippen LogP contribution is 2.29. The highest BCUT2D eigenvalue weighted by Gasteiger charge is 2.30. The lowest BCUT2D eigenvalue weighted by atomic mass is 10.1. The van der Waals surface area contributed by atoms with Crippen molar-refractivity contribution in [2.24, 2.45) is 5.92 Å². The van der Waals surface area contributed by atoms with Crippen LogP contribution in [0.25, 0.3) is 0 Å². The maximum atomic E-state index is 12.2. The van der Waals surface area contributed by atoms with Crippen molar-refractivity contribution in [3.8, 4) is 6.19 Å². The first-order valence-electron chi connectivity index (χ1n) is 6.98. The third-order valence-corrected chi connectivity index (χ3v) is 4.91. The molecule has 2 unspecified atom stereocenters. The predicted octanol–water partition coefficient (Wildman–Crippen LogP) is 0.939. The second kappa shape index (κ2) is 6.39. The lowest BCUT2D eigenvalue weighted by Crippen LogP contribution is -2.25. The van der Waals surface area contributed by atoms with Crippen molar-refractivity contribution in [3.63, 3.8) is 0 Å². The number of nitriles is 1. The van der Waals surface area contributed by atoms with Crippen LogP contribution in [0.2, 0.25) is 0 Å². The molecule has 21 heavy (non-hydrogen) atoms. The minimum Gasteiger partial charge on any atom is -0.364 e. The van der Waals surface area contributed by atoms with Gasteiger partial charge >= 0.3 is 0 Å². The summed E-state index contributed by atoms with van der Waals surface area (Å²) in [5, 5.41) is 18.0. The highest BCUT2D eigenvalue weighted by atomic mass is 32.1. The zero-order valence-corrected chi connectivity index (χ0v) is 12.3. The van der Waals surface area contributed by atoms with Crippen molar-refractivity contribution >= 4 is 22.4 Å². The number of ether oxygens (including phenoxy) is 1. The van der Waals surface area contributed by atoms with Gasteiger partial charge in [0, 0.05) is 23.0 Å². The number of hydrogen-bond acceptors (Lipinski definition) is 7. The zero-order chi connectivity index (χ0) is 14.7. The van der Waals surface area contributed by atoms with E-state index in [2.05, 4.69) is 20.9 Å². The van der Waals surface area contributed by atoms with Gasteiger partial charge in [-0.05, 0) is 19.3 Å². The molecular weight excluding hydrogens is 290 g/mol. The van der Waals surface area contributed by atoms with Crippen LogP contribution in [0.4, 0.5) is 5.13 Å². The summed E-state index contributed by atoms with van der Waals surface area (Å²) in [6, 6.07) is 0.293. The number of anilines is 1. The number of carbonyl (C=O) groups excluding carboxylic acids is 1. The molecule has 2 heterocycles. The fraction of sp³-hybridized carbons (Fsp3) is 0.615. The average molecular weight is 307 g/mol. The number of thiazole rings is 1. The fourth-order valence-corrected chi connectivity index (χ4v) is 3.61. The van der Waals surface area contributed by atoms with Gasteiger partial charge in [0.15, 0.2) is 11.3 Å². The molecule has 2 fully saturated rings. The van der Waals surface area contributed by atoms with Crippen LogP contribution < -0.4 is 16.0 Å². The number of nitrogens with one attached hydrogen (secondary N) is 3. The first-order chi connectivity index (χ1) is 10.3. The lowest BCUT2D eigenvalue weighted by molar-refractivity contribution is -0.119. The van der Waals surface area contributed by atoms with E-state index in [4.69, 9.17) is 10.00 Å². The quantitative estimate of drug-likeness (QED) is 0.565. The molecule has 7 nitrogen and oxygen atoms in total. The van der Waals surface area contributed by atoms with E-state index >= 15 is 0 Å². The Morgan fingerprint density at radius 2 is 2.48 bits per heavy atom. The molecular formula is C13H17N5O2S. The molecule has 3 N–H and O–H groups in total. The van der Waals surface area contributed by atoms with Gasteiger partial charge < -0.3 is 15.4 Å². The van der Waals surface area contributed by atoms with Crippen molar-refractivity contribution in [2.75, 3.05) is 18.7 Å². The Morgan fingerprint density at radius 3 is 3.24 bits per heavy atom. The number of hydrogen-bond donors (Lipinski definition) is 3. The zero-order valence-electron chi connectivity index (χ0n) is 11.5. The first-order valence-corrected chi connectivity index (χ1v) is 7.80. The monoisotopic (exact) mass is 307 g/mol. The van der Waals surface area contributed by atoms with Gasteiger partial charge in [-0.3, -0.25) is 10.1 Å². The van der Waals surface area contributed by atoms with Crippen LogP contribution in [0.3, 0.4) is 0 Å². The molecule has 2 aliphatic rings. The van der Waals surface area contributed by atoms with Crippen LogP contribution >= 0.6 is 11.3 Å². The number of nitrogens with zero attached hydrogens (tertiary/aromatic N) is 2. The fourth-order valence-electron chi connectivity index (χ4n) is 2.73. The van der Waals surface area contributed by atoms with Gasteiger partial charge in [0.05, 0.1) is 19.4 Å². The van der Waals surface area contributed by atoms with Crippen LogP contribution in [-0.2, 0) is 9.53 Å². The molecule has 0 bridgehead atoms. The van der Waals surface area contributed by atoms with E-state index in [1.807, 2.05) is 6.19 Å². The van der Waals surface area contributed by atoms with Gasteiger partial charge in [-0.25, -0.2) is 4.98 Å². The summed E-state index contributed by atoms with van der Waals surface area (Å²) in [7, 11) is 0. The molecule has 1 saturated carbocycles. The van der Waals surface area contributed by atoms with Crippen LogP contribution in [-0.4, -0.2) is 30.3 Å². The third-order valence-electron chi connectivity index (χ3n) is 3.89. The number of aromatic nitrogens is 1. The molecule has 112 valence electrons. The van der Waals surface area contributed by atoms with Gasteiger partial charge in [-0.2, -0.15) is 5.26 Å². The molecule has 0 radical (unpaired) electrons. The molecule has 1 aromatic rings. The summed E-state index contributed by atoms with van der Waals surface area (Å²) >= 11 is 1.47. The summed E-state index contributed by atoms with van der Waals surface area (Å²) in [5.74, 6) is -0.0510. The van der Waals surface area contributed by atoms with Crippen molar-refractivity contribution in [3.05, 3.63) is 11.1 Å². The SMILES string of the molecule is N#CNC1CC[C@@H](C(=O)Nc2ncc(C3COCN3)s2)C1. The Hall–Kier alpha value is -1.69. The number of carbonyl (C=O) groups is 1. The molecule has 1 saturated heterocycles. The van der Waals surface area contributed by atoms with Crippen molar-refractivity contribution in [1.29, 1.82) is 5.26 Å². The standard InChI is InChI=1S/C13H17N5O2S/c14-6-16-9-2-1-8(3-9)12(19)18-13-15-4-11(21-13)10-5-20-7-17-10/h4,8-10,16-17H,1-3,5,7H2,(H,15,18,19)/t8-,9?,10?/m1/s1. The smallest absolute Gasteiger partial charge is 0.229 e. The summed E-state index contributed by atoms with van der Waals surface area (Å²) in [6.07, 6.45) is 6.09. The largest absolute Gasteiger partial charge is 0.364 e. The van der Waals surface area contributed by atoms with Gasteiger partial charge in [-0.15, -0.1) is 0 Å². The van der Waals surface area contributed by atoms with Crippen LogP contribution in [0, 0.1) is 17.4 Å². The molecule has 1 amide bonds. The van der Waals surface area contributed by atoms with E-state index < -0.39 is 0 Å². The molecule has 3 atom stereocenters. The molecule has 0 aromatic carbocycles. The Balaban J connectivity index is 1.54. The van der Waals surface area contributed by atoms with Crippen LogP contribution in [0.5, 0.6) is 0 Å². The maximum absolute atomic E-state index is 12.2. The average Bonchev–Trinajstić information content (AvgIpc) is 3.20. The summed E-state index contributed by atoms with van der Waals surface area (Å²) in [4.78, 5) is 17.5. The predicted molar refractivity (Wildman–Crippen MR) is 77.3 cm³/mol. The first kappa shape index (κ1) is 14.3. The van der Waals surface area contributed by atoms with E-state index in [1.54, 1.807) is 6.20 Å². The van der Waals surface area contributed by atoms with Crippen molar-refractivity contribution < 1.29 is 9.53 Å². The molecule has 1 aromatic heterocycles. The van der Waals surface area contributed by atoms with E-state index in [0.29, 0.717) is 24.9 Å². The lowest BCUT2D eigenvalue weighted by Gasteiger charge is -2.09. The number of rotatable bonds is 4. The van der Waals surface area contributed by atoms with Gasteiger partial charge in [-0.1, -0.05) is 11.3 Å². The summed E-state index contributed by atoms with van der Waals surface area (Å²) in [5.41, 5.74) is 0. The van der Waals surface area contributed by atoms with Crippen molar-refractivity contribution in [1.82, 2.24) is 15.6 Å². The summed E-state index contributed by atoms with van der Waals surface area (Å²) < 4.78 is 5.27. The van der Waals surface area contributed by atoms with E-state index in [1.165, 1.54) is 11.3 Å².